The summed E-state index contributed by atoms with van der Waals surface area (Å²) in [5, 5.41) is 0. The Morgan fingerprint density at radius 1 is 1.08 bits per heavy atom. The van der Waals surface area contributed by atoms with E-state index in [1.165, 1.54) is 18.6 Å². The van der Waals surface area contributed by atoms with Crippen LogP contribution in [0.4, 0.5) is 10.1 Å². The Labute approximate surface area is 157 Å². The normalized spacial score (nSPS) is 23.6. The SMILES string of the molecule is CCC1CCCCN1C(=O)C(C)N1CCCN(c2ccc(F)cc2)CC1. The molecule has 2 aliphatic heterocycles. The van der Waals surface area contributed by atoms with Crippen molar-refractivity contribution < 1.29 is 9.18 Å². The number of piperidine rings is 1. The lowest BCUT2D eigenvalue weighted by Gasteiger charge is -2.39. The van der Waals surface area contributed by atoms with Crippen molar-refractivity contribution in [1.29, 1.82) is 0 Å². The van der Waals surface area contributed by atoms with E-state index in [-0.39, 0.29) is 11.9 Å². The lowest BCUT2D eigenvalue weighted by Crippen LogP contribution is -2.52. The van der Waals surface area contributed by atoms with Gasteiger partial charge in [-0.3, -0.25) is 9.69 Å². The monoisotopic (exact) mass is 361 g/mol. The molecule has 2 fully saturated rings. The minimum atomic E-state index is -0.198. The maximum Gasteiger partial charge on any atom is 0.239 e. The number of hydrogen-bond acceptors (Lipinski definition) is 3. The highest BCUT2D eigenvalue weighted by Gasteiger charge is 2.32. The minimum Gasteiger partial charge on any atom is -0.370 e. The first-order valence-corrected chi connectivity index (χ1v) is 10.1. The quantitative estimate of drug-likeness (QED) is 0.821. The average molecular weight is 362 g/mol. The molecule has 0 N–H and O–H groups in total. The van der Waals surface area contributed by atoms with Crippen LogP contribution in [0.25, 0.3) is 0 Å². The van der Waals surface area contributed by atoms with E-state index >= 15 is 0 Å². The van der Waals surface area contributed by atoms with E-state index in [0.717, 1.165) is 64.1 Å². The van der Waals surface area contributed by atoms with Crippen LogP contribution in [0.3, 0.4) is 0 Å². The molecular weight excluding hydrogens is 329 g/mol. The first-order chi connectivity index (χ1) is 12.6. The fourth-order valence-electron chi connectivity index (χ4n) is 4.35. The summed E-state index contributed by atoms with van der Waals surface area (Å²) in [5.74, 6) is 0.100. The Balaban J connectivity index is 1.60. The highest BCUT2D eigenvalue weighted by atomic mass is 19.1. The molecular formula is C21H32FN3O. The molecule has 4 nitrogen and oxygen atoms in total. The molecule has 0 aliphatic carbocycles. The van der Waals surface area contributed by atoms with Gasteiger partial charge in [-0.2, -0.15) is 0 Å². The average Bonchev–Trinajstić information content (AvgIpc) is 2.93. The predicted molar refractivity (Wildman–Crippen MR) is 104 cm³/mol. The maximum absolute atomic E-state index is 13.2. The molecule has 26 heavy (non-hydrogen) atoms. The first kappa shape index (κ1) is 19.2. The molecule has 2 saturated heterocycles. The number of likely N-dealkylation sites (tertiary alicyclic amines) is 1. The predicted octanol–water partition coefficient (Wildman–Crippen LogP) is 3.52. The van der Waals surface area contributed by atoms with Crippen molar-refractivity contribution in [2.24, 2.45) is 0 Å². The van der Waals surface area contributed by atoms with Gasteiger partial charge in [-0.25, -0.2) is 4.39 Å². The van der Waals surface area contributed by atoms with Gasteiger partial charge in [-0.1, -0.05) is 6.92 Å². The Kier molecular flexibility index (Phi) is 6.52. The molecule has 144 valence electrons. The van der Waals surface area contributed by atoms with Crippen molar-refractivity contribution in [2.75, 3.05) is 37.6 Å². The van der Waals surface area contributed by atoms with Gasteiger partial charge in [0.25, 0.3) is 0 Å². The molecule has 2 atom stereocenters. The van der Waals surface area contributed by atoms with Gasteiger partial charge >= 0.3 is 0 Å². The van der Waals surface area contributed by atoms with Crippen molar-refractivity contribution in [3.8, 4) is 0 Å². The number of nitrogens with zero attached hydrogens (tertiary/aromatic N) is 3. The molecule has 2 unspecified atom stereocenters. The summed E-state index contributed by atoms with van der Waals surface area (Å²) in [6, 6.07) is 7.09. The fraction of sp³-hybridized carbons (Fsp3) is 0.667. The Hall–Kier alpha value is -1.62. The summed E-state index contributed by atoms with van der Waals surface area (Å²) >= 11 is 0. The van der Waals surface area contributed by atoms with Crippen LogP contribution in [-0.2, 0) is 4.79 Å². The van der Waals surface area contributed by atoms with Crippen LogP contribution in [0, 0.1) is 5.82 Å². The van der Waals surface area contributed by atoms with E-state index in [0.29, 0.717) is 11.9 Å². The molecule has 0 spiro atoms. The largest absolute Gasteiger partial charge is 0.370 e. The Morgan fingerprint density at radius 2 is 1.85 bits per heavy atom. The molecule has 1 amide bonds. The number of amides is 1. The summed E-state index contributed by atoms with van der Waals surface area (Å²) in [4.78, 5) is 19.9. The van der Waals surface area contributed by atoms with Gasteiger partial charge in [-0.05, 0) is 63.3 Å². The fourth-order valence-corrected chi connectivity index (χ4v) is 4.35. The molecule has 3 rings (SSSR count). The molecule has 0 bridgehead atoms. The summed E-state index contributed by atoms with van der Waals surface area (Å²) in [7, 11) is 0. The van der Waals surface area contributed by atoms with E-state index in [4.69, 9.17) is 0 Å². The van der Waals surface area contributed by atoms with E-state index in [1.807, 2.05) is 12.1 Å². The van der Waals surface area contributed by atoms with Gasteiger partial charge in [0, 0.05) is 44.5 Å². The zero-order chi connectivity index (χ0) is 18.5. The molecule has 1 aromatic rings. The summed E-state index contributed by atoms with van der Waals surface area (Å²) in [6.45, 7) is 8.80. The molecule has 5 heteroatoms. The highest BCUT2D eigenvalue weighted by Crippen LogP contribution is 2.22. The van der Waals surface area contributed by atoms with Crippen molar-refractivity contribution in [3.05, 3.63) is 30.1 Å². The Morgan fingerprint density at radius 3 is 2.58 bits per heavy atom. The third-order valence-electron chi connectivity index (χ3n) is 6.01. The van der Waals surface area contributed by atoms with Crippen LogP contribution in [-0.4, -0.2) is 60.5 Å². The zero-order valence-electron chi connectivity index (χ0n) is 16.2. The molecule has 0 radical (unpaired) electrons. The van der Waals surface area contributed by atoms with Crippen LogP contribution in [0.1, 0.15) is 46.0 Å². The van der Waals surface area contributed by atoms with Gasteiger partial charge < -0.3 is 9.80 Å². The first-order valence-electron chi connectivity index (χ1n) is 10.1. The number of halogens is 1. The molecule has 0 aromatic heterocycles. The summed E-state index contributed by atoms with van der Waals surface area (Å²) in [6.07, 6.45) is 5.59. The van der Waals surface area contributed by atoms with Gasteiger partial charge in [-0.15, -0.1) is 0 Å². The third-order valence-corrected chi connectivity index (χ3v) is 6.01. The number of rotatable bonds is 4. The van der Waals surface area contributed by atoms with Crippen LogP contribution < -0.4 is 4.90 Å². The molecule has 2 heterocycles. The van der Waals surface area contributed by atoms with Gasteiger partial charge in [0.2, 0.25) is 5.91 Å². The number of carbonyl (C=O) groups is 1. The van der Waals surface area contributed by atoms with Crippen molar-refractivity contribution in [1.82, 2.24) is 9.80 Å². The number of benzene rings is 1. The van der Waals surface area contributed by atoms with Gasteiger partial charge in [0.05, 0.1) is 6.04 Å². The van der Waals surface area contributed by atoms with E-state index < -0.39 is 0 Å². The smallest absolute Gasteiger partial charge is 0.239 e. The topological polar surface area (TPSA) is 26.8 Å². The van der Waals surface area contributed by atoms with E-state index in [1.54, 1.807) is 0 Å². The lowest BCUT2D eigenvalue weighted by atomic mass is 9.99. The second kappa shape index (κ2) is 8.85. The van der Waals surface area contributed by atoms with E-state index in [2.05, 4.69) is 28.5 Å². The van der Waals surface area contributed by atoms with Crippen molar-refractivity contribution in [3.63, 3.8) is 0 Å². The summed E-state index contributed by atoms with van der Waals surface area (Å²) < 4.78 is 13.2. The van der Waals surface area contributed by atoms with Crippen LogP contribution in [0.2, 0.25) is 0 Å². The Bertz CT molecular complexity index is 591. The van der Waals surface area contributed by atoms with Crippen LogP contribution in [0.5, 0.6) is 0 Å². The number of anilines is 1. The minimum absolute atomic E-state index is 0.0599. The van der Waals surface area contributed by atoms with Crippen molar-refractivity contribution >= 4 is 11.6 Å². The summed E-state index contributed by atoms with van der Waals surface area (Å²) in [5.41, 5.74) is 1.06. The lowest BCUT2D eigenvalue weighted by molar-refractivity contribution is -0.140. The van der Waals surface area contributed by atoms with Crippen molar-refractivity contribution in [2.45, 2.75) is 58.0 Å². The standard InChI is InChI=1S/C21H32FN3O/c1-3-19-7-4-5-14-25(19)21(26)17(2)23-12-6-13-24(16-15-23)20-10-8-18(22)9-11-20/h8-11,17,19H,3-7,12-16H2,1-2H3. The van der Waals surface area contributed by atoms with Crippen LogP contribution >= 0.6 is 0 Å². The highest BCUT2D eigenvalue weighted by molar-refractivity contribution is 5.82. The van der Waals surface area contributed by atoms with Gasteiger partial charge in [0.1, 0.15) is 5.82 Å². The number of carbonyl (C=O) groups excluding carboxylic acids is 1. The maximum atomic E-state index is 13.2. The second-order valence-electron chi connectivity index (χ2n) is 7.62. The number of hydrogen-bond donors (Lipinski definition) is 0. The zero-order valence-corrected chi connectivity index (χ0v) is 16.2. The third kappa shape index (κ3) is 4.37. The molecule has 1 aromatic carbocycles. The second-order valence-corrected chi connectivity index (χ2v) is 7.62. The molecule has 2 aliphatic rings. The molecule has 0 saturated carbocycles. The van der Waals surface area contributed by atoms with Crippen LogP contribution in [0.15, 0.2) is 24.3 Å². The van der Waals surface area contributed by atoms with E-state index in [9.17, 15) is 9.18 Å². The van der Waals surface area contributed by atoms with Gasteiger partial charge in [0.15, 0.2) is 0 Å².